The number of nitrogens with one attached hydrogen (secondary N) is 1. The van der Waals surface area contributed by atoms with Gasteiger partial charge in [-0.05, 0) is 54.5 Å². The van der Waals surface area contributed by atoms with Crippen molar-refractivity contribution in [1.82, 2.24) is 4.98 Å². The fourth-order valence-electron chi connectivity index (χ4n) is 2.15. The average molecular weight is 297 g/mol. The number of thiocarbonyl (C=S) groups is 1. The van der Waals surface area contributed by atoms with Crippen LogP contribution < -0.4 is 11.1 Å². The number of hydrogen-bond donors (Lipinski definition) is 2. The van der Waals surface area contributed by atoms with Crippen molar-refractivity contribution < 1.29 is 4.42 Å². The lowest BCUT2D eigenvalue weighted by Crippen LogP contribution is -2.18. The van der Waals surface area contributed by atoms with Crippen LogP contribution in [0.25, 0.3) is 22.6 Å². The molecule has 0 bridgehead atoms. The molecule has 1 heterocycles. The molecular formula is C16H15N3OS. The molecule has 21 heavy (non-hydrogen) atoms. The van der Waals surface area contributed by atoms with Crippen molar-refractivity contribution in [2.24, 2.45) is 5.73 Å². The van der Waals surface area contributed by atoms with Crippen LogP contribution in [0.5, 0.6) is 0 Å². The molecule has 0 amide bonds. The number of nitrogens with two attached hydrogens (primary N) is 1. The summed E-state index contributed by atoms with van der Waals surface area (Å²) in [5.41, 5.74) is 10.0. The molecule has 1 aromatic heterocycles. The highest BCUT2D eigenvalue weighted by Crippen LogP contribution is 2.26. The molecule has 3 aromatic rings. The molecule has 0 unspecified atom stereocenters. The quantitative estimate of drug-likeness (QED) is 0.721. The maximum absolute atomic E-state index is 5.78. The van der Waals surface area contributed by atoms with Gasteiger partial charge in [0.2, 0.25) is 5.89 Å². The first-order valence-corrected chi connectivity index (χ1v) is 7.13. The normalized spacial score (nSPS) is 10.7. The summed E-state index contributed by atoms with van der Waals surface area (Å²) in [4.78, 5) is 4.52. The Hall–Kier alpha value is -2.40. The summed E-state index contributed by atoms with van der Waals surface area (Å²) < 4.78 is 5.78. The predicted octanol–water partition coefficient (Wildman–Crippen LogP) is 3.71. The molecule has 0 spiro atoms. The van der Waals surface area contributed by atoms with E-state index in [1.54, 1.807) is 0 Å². The van der Waals surface area contributed by atoms with E-state index in [0.717, 1.165) is 28.8 Å². The van der Waals surface area contributed by atoms with Gasteiger partial charge < -0.3 is 15.5 Å². The van der Waals surface area contributed by atoms with E-state index < -0.39 is 0 Å². The van der Waals surface area contributed by atoms with Gasteiger partial charge in [0.1, 0.15) is 5.52 Å². The number of benzene rings is 2. The number of oxazole rings is 1. The van der Waals surface area contributed by atoms with Gasteiger partial charge in [-0.1, -0.05) is 19.1 Å². The molecule has 0 saturated heterocycles. The van der Waals surface area contributed by atoms with Gasteiger partial charge in [0.25, 0.3) is 0 Å². The molecule has 0 fully saturated rings. The van der Waals surface area contributed by atoms with Crippen LogP contribution in [0.1, 0.15) is 12.5 Å². The van der Waals surface area contributed by atoms with E-state index in [-0.39, 0.29) is 5.11 Å². The smallest absolute Gasteiger partial charge is 0.227 e. The highest BCUT2D eigenvalue weighted by atomic mass is 32.1. The summed E-state index contributed by atoms with van der Waals surface area (Å²) in [7, 11) is 0. The monoisotopic (exact) mass is 297 g/mol. The third-order valence-electron chi connectivity index (χ3n) is 3.26. The van der Waals surface area contributed by atoms with Crippen LogP contribution >= 0.6 is 12.2 Å². The molecule has 0 aliphatic heterocycles. The van der Waals surface area contributed by atoms with Gasteiger partial charge >= 0.3 is 0 Å². The number of fused-ring (bicyclic) bond motifs is 1. The number of aryl methyl sites for hydroxylation is 1. The minimum atomic E-state index is 0.230. The lowest BCUT2D eigenvalue weighted by atomic mass is 10.1. The maximum Gasteiger partial charge on any atom is 0.227 e. The molecule has 0 atom stereocenters. The molecule has 3 rings (SSSR count). The van der Waals surface area contributed by atoms with E-state index >= 15 is 0 Å². The van der Waals surface area contributed by atoms with Crippen molar-refractivity contribution in [2.45, 2.75) is 13.3 Å². The van der Waals surface area contributed by atoms with Crippen molar-refractivity contribution in [3.63, 3.8) is 0 Å². The van der Waals surface area contributed by atoms with E-state index in [0.29, 0.717) is 5.89 Å². The molecule has 0 radical (unpaired) electrons. The molecular weight excluding hydrogens is 282 g/mol. The second-order valence-corrected chi connectivity index (χ2v) is 5.18. The van der Waals surface area contributed by atoms with Crippen molar-refractivity contribution >= 4 is 34.1 Å². The van der Waals surface area contributed by atoms with Crippen LogP contribution in [0.2, 0.25) is 0 Å². The van der Waals surface area contributed by atoms with Gasteiger partial charge in [-0.25, -0.2) is 4.98 Å². The Labute approximate surface area is 128 Å². The van der Waals surface area contributed by atoms with Gasteiger partial charge in [0.15, 0.2) is 10.7 Å². The Kier molecular flexibility index (Phi) is 3.58. The Morgan fingerprint density at radius 1 is 1.24 bits per heavy atom. The van der Waals surface area contributed by atoms with E-state index in [4.69, 9.17) is 22.4 Å². The van der Waals surface area contributed by atoms with Crippen LogP contribution in [0.15, 0.2) is 46.9 Å². The Morgan fingerprint density at radius 3 is 2.67 bits per heavy atom. The lowest BCUT2D eigenvalue weighted by Gasteiger charge is -2.01. The highest BCUT2D eigenvalue weighted by molar-refractivity contribution is 7.80. The third-order valence-corrected chi connectivity index (χ3v) is 3.37. The van der Waals surface area contributed by atoms with E-state index in [1.165, 1.54) is 5.56 Å². The highest BCUT2D eigenvalue weighted by Gasteiger charge is 2.09. The number of hydrogen-bond acceptors (Lipinski definition) is 3. The first kappa shape index (κ1) is 13.6. The molecule has 0 aliphatic rings. The maximum atomic E-state index is 5.78. The van der Waals surface area contributed by atoms with Crippen molar-refractivity contribution in [3.8, 4) is 11.5 Å². The SMILES string of the molecule is CCc1ccc(-c2nc3cc(NC(N)=S)ccc3o2)cc1. The minimum absolute atomic E-state index is 0.230. The summed E-state index contributed by atoms with van der Waals surface area (Å²) in [6.45, 7) is 2.13. The number of rotatable bonds is 3. The van der Waals surface area contributed by atoms with Gasteiger partial charge in [-0.15, -0.1) is 0 Å². The van der Waals surface area contributed by atoms with Crippen LogP contribution in [-0.4, -0.2) is 10.1 Å². The van der Waals surface area contributed by atoms with Crippen LogP contribution in [-0.2, 0) is 6.42 Å². The molecule has 0 saturated carbocycles. The summed E-state index contributed by atoms with van der Waals surface area (Å²) in [5.74, 6) is 0.611. The number of nitrogens with zero attached hydrogens (tertiary/aromatic N) is 1. The van der Waals surface area contributed by atoms with Gasteiger partial charge in [-0.2, -0.15) is 0 Å². The molecule has 0 aliphatic carbocycles. The average Bonchev–Trinajstić information content (AvgIpc) is 2.90. The van der Waals surface area contributed by atoms with Crippen molar-refractivity contribution in [1.29, 1.82) is 0 Å². The molecule has 106 valence electrons. The van der Waals surface area contributed by atoms with Crippen molar-refractivity contribution in [2.75, 3.05) is 5.32 Å². The molecule has 5 heteroatoms. The fraction of sp³-hybridized carbons (Fsp3) is 0.125. The predicted molar refractivity (Wildman–Crippen MR) is 89.2 cm³/mol. The zero-order valence-corrected chi connectivity index (χ0v) is 12.4. The van der Waals surface area contributed by atoms with Crippen LogP contribution in [0.3, 0.4) is 0 Å². The first-order chi connectivity index (χ1) is 10.2. The molecule has 2 aromatic carbocycles. The second-order valence-electron chi connectivity index (χ2n) is 4.74. The summed E-state index contributed by atoms with van der Waals surface area (Å²) in [6, 6.07) is 13.8. The first-order valence-electron chi connectivity index (χ1n) is 6.72. The topological polar surface area (TPSA) is 64.1 Å². The molecule has 3 N–H and O–H groups in total. The Morgan fingerprint density at radius 2 is 2.00 bits per heavy atom. The van der Waals surface area contributed by atoms with Crippen LogP contribution in [0.4, 0.5) is 5.69 Å². The van der Waals surface area contributed by atoms with E-state index in [9.17, 15) is 0 Å². The van der Waals surface area contributed by atoms with Gasteiger partial charge in [0.05, 0.1) is 0 Å². The largest absolute Gasteiger partial charge is 0.436 e. The minimum Gasteiger partial charge on any atom is -0.436 e. The zero-order valence-electron chi connectivity index (χ0n) is 11.6. The second kappa shape index (κ2) is 5.54. The fourth-order valence-corrected chi connectivity index (χ4v) is 2.27. The zero-order chi connectivity index (χ0) is 14.8. The number of anilines is 1. The Balaban J connectivity index is 1.97. The lowest BCUT2D eigenvalue weighted by molar-refractivity contribution is 0.620. The summed E-state index contributed by atoms with van der Waals surface area (Å²) in [6.07, 6.45) is 1.02. The van der Waals surface area contributed by atoms with E-state index in [2.05, 4.69) is 29.4 Å². The van der Waals surface area contributed by atoms with E-state index in [1.807, 2.05) is 30.3 Å². The Bertz CT molecular complexity index is 793. The third kappa shape index (κ3) is 2.87. The van der Waals surface area contributed by atoms with Gasteiger partial charge in [0, 0.05) is 11.3 Å². The van der Waals surface area contributed by atoms with Crippen molar-refractivity contribution in [3.05, 3.63) is 48.0 Å². The summed E-state index contributed by atoms with van der Waals surface area (Å²) in [5, 5.41) is 3.12. The van der Waals surface area contributed by atoms with Crippen LogP contribution in [0, 0.1) is 0 Å². The van der Waals surface area contributed by atoms with Gasteiger partial charge in [-0.3, -0.25) is 0 Å². The molecule has 4 nitrogen and oxygen atoms in total. The number of aromatic nitrogens is 1. The summed E-state index contributed by atoms with van der Waals surface area (Å²) >= 11 is 4.83. The standard InChI is InChI=1S/C16H15N3OS/c1-2-10-3-5-11(6-4-10)15-19-13-9-12(18-16(17)21)7-8-14(13)20-15/h3-9H,2H2,1H3,(H3,17,18,21).